The van der Waals surface area contributed by atoms with Crippen LogP contribution in [0.3, 0.4) is 0 Å². The van der Waals surface area contributed by atoms with Crippen molar-refractivity contribution in [3.8, 4) is 5.75 Å². The molecule has 3 rings (SSSR count). The predicted molar refractivity (Wildman–Crippen MR) is 121 cm³/mol. The Kier molecular flexibility index (Phi) is 9.87. The zero-order valence-electron chi connectivity index (χ0n) is 19.1. The second kappa shape index (κ2) is 12.6. The van der Waals surface area contributed by atoms with Crippen molar-refractivity contribution in [1.29, 1.82) is 0 Å². The third-order valence-electron chi connectivity index (χ3n) is 4.89. The van der Waals surface area contributed by atoms with E-state index in [0.29, 0.717) is 17.8 Å². The van der Waals surface area contributed by atoms with Crippen molar-refractivity contribution >= 4 is 23.2 Å². The predicted octanol–water partition coefficient (Wildman–Crippen LogP) is 3.52. The Bertz CT molecular complexity index is 1030. The van der Waals surface area contributed by atoms with E-state index in [1.54, 1.807) is 19.9 Å². The Balaban J connectivity index is 0.000000242. The molecule has 2 heterocycles. The second-order valence-corrected chi connectivity index (χ2v) is 7.88. The van der Waals surface area contributed by atoms with E-state index in [4.69, 9.17) is 20.4 Å². The molecule has 2 aromatic rings. The highest BCUT2D eigenvalue weighted by Gasteiger charge is 2.28. The zero-order valence-corrected chi connectivity index (χ0v) is 19.1. The van der Waals surface area contributed by atoms with Crippen LogP contribution in [0.15, 0.2) is 41.7 Å². The van der Waals surface area contributed by atoms with Gasteiger partial charge in [-0.25, -0.2) is 4.39 Å². The van der Waals surface area contributed by atoms with Crippen LogP contribution >= 0.6 is 0 Å². The summed E-state index contributed by atoms with van der Waals surface area (Å²) in [5.74, 6) is -3.06. The van der Waals surface area contributed by atoms with Crippen LogP contribution in [0.1, 0.15) is 44.1 Å². The molecule has 0 bridgehead atoms. The van der Waals surface area contributed by atoms with Gasteiger partial charge in [0.05, 0.1) is 11.8 Å². The molecule has 2 atom stereocenters. The molecular weight excluding hydrogens is 450 g/mol. The number of nitrogens with one attached hydrogen (secondary N) is 1. The summed E-state index contributed by atoms with van der Waals surface area (Å²) in [6.07, 6.45) is 2.69. The fourth-order valence-electron chi connectivity index (χ4n) is 2.92. The molecule has 1 aromatic carbocycles. The van der Waals surface area contributed by atoms with Crippen LogP contribution in [0.25, 0.3) is 0 Å². The van der Waals surface area contributed by atoms with E-state index in [1.807, 2.05) is 6.92 Å². The summed E-state index contributed by atoms with van der Waals surface area (Å²) in [7, 11) is 0. The third-order valence-corrected chi connectivity index (χ3v) is 4.89. The molecule has 184 valence electrons. The largest absolute Gasteiger partial charge is 0.484 e. The second-order valence-electron chi connectivity index (χ2n) is 7.88. The van der Waals surface area contributed by atoms with E-state index in [9.17, 15) is 18.4 Å². The van der Waals surface area contributed by atoms with E-state index in [-0.39, 0.29) is 36.0 Å². The standard InChI is InChI=1S/C12H15N3O3.C11H13F2NO2/c1-7-2-3-10(18-7)12(17)15-8-4-5-14-9(6-8)11(13)16;1-7(2)9(14-15)6-16-10-5-3-4-8(12)11(10)13/h4-7,10H,2-3H2,1H3,(H2,13,16)(H,14,15,17);3-5,7,15H,6H2,1-2H3/b;14-9-. The van der Waals surface area contributed by atoms with Gasteiger partial charge >= 0.3 is 0 Å². The molecule has 2 unspecified atom stereocenters. The molecule has 11 heteroatoms. The number of nitrogens with zero attached hydrogens (tertiary/aromatic N) is 2. The van der Waals surface area contributed by atoms with Crippen LogP contribution in [0.5, 0.6) is 5.75 Å². The number of hydrogen-bond acceptors (Lipinski definition) is 7. The first-order valence-corrected chi connectivity index (χ1v) is 10.6. The van der Waals surface area contributed by atoms with E-state index in [0.717, 1.165) is 12.5 Å². The number of primary amides is 1. The third kappa shape index (κ3) is 7.77. The normalized spacial score (nSPS) is 17.6. The van der Waals surface area contributed by atoms with Crippen molar-refractivity contribution in [2.45, 2.75) is 45.8 Å². The van der Waals surface area contributed by atoms with Gasteiger partial charge in [-0.3, -0.25) is 14.6 Å². The monoisotopic (exact) mass is 478 g/mol. The smallest absolute Gasteiger partial charge is 0.267 e. The number of oxime groups is 1. The number of benzene rings is 1. The summed E-state index contributed by atoms with van der Waals surface area (Å²) >= 11 is 0. The highest BCUT2D eigenvalue weighted by Crippen LogP contribution is 2.21. The number of carbonyl (C=O) groups is 2. The number of halogens is 2. The molecule has 1 aliphatic rings. The average Bonchev–Trinajstić information content (AvgIpc) is 3.24. The highest BCUT2D eigenvalue weighted by atomic mass is 19.2. The number of aromatic nitrogens is 1. The van der Waals surface area contributed by atoms with Crippen molar-refractivity contribution in [2.24, 2.45) is 16.8 Å². The number of amides is 2. The van der Waals surface area contributed by atoms with Gasteiger partial charge in [0, 0.05) is 11.9 Å². The molecule has 34 heavy (non-hydrogen) atoms. The number of pyridine rings is 1. The molecule has 4 N–H and O–H groups in total. The SMILES string of the molecule is CC(C)/C(COc1cccc(F)c1F)=N\O.CC1CCC(C(=O)Nc2ccnc(C(N)=O)c2)O1. The maximum Gasteiger partial charge on any atom is 0.267 e. The van der Waals surface area contributed by atoms with Gasteiger partial charge in [-0.15, -0.1) is 0 Å². The Labute approximate surface area is 196 Å². The highest BCUT2D eigenvalue weighted by molar-refractivity contribution is 5.96. The maximum absolute atomic E-state index is 13.2. The van der Waals surface area contributed by atoms with Gasteiger partial charge in [-0.05, 0) is 49.9 Å². The van der Waals surface area contributed by atoms with Crippen molar-refractivity contribution in [3.05, 3.63) is 53.9 Å². The number of ether oxygens (including phenoxy) is 2. The van der Waals surface area contributed by atoms with E-state index in [2.05, 4.69) is 15.5 Å². The first-order chi connectivity index (χ1) is 16.1. The summed E-state index contributed by atoms with van der Waals surface area (Å²) in [4.78, 5) is 26.6. The fraction of sp³-hybridized carbons (Fsp3) is 0.391. The zero-order chi connectivity index (χ0) is 25.3. The van der Waals surface area contributed by atoms with Crippen LogP contribution in [0.2, 0.25) is 0 Å². The van der Waals surface area contributed by atoms with Crippen LogP contribution in [0, 0.1) is 17.6 Å². The lowest BCUT2D eigenvalue weighted by Crippen LogP contribution is -2.28. The van der Waals surface area contributed by atoms with E-state index >= 15 is 0 Å². The van der Waals surface area contributed by atoms with Crippen molar-refractivity contribution in [2.75, 3.05) is 11.9 Å². The van der Waals surface area contributed by atoms with Crippen molar-refractivity contribution < 1.29 is 33.1 Å². The maximum atomic E-state index is 13.2. The minimum absolute atomic E-state index is 0.0263. The van der Waals surface area contributed by atoms with Gasteiger partial charge in [-0.1, -0.05) is 25.1 Å². The molecule has 0 aliphatic carbocycles. The summed E-state index contributed by atoms with van der Waals surface area (Å²) in [6.45, 7) is 5.47. The molecule has 0 spiro atoms. The number of rotatable bonds is 7. The van der Waals surface area contributed by atoms with Crippen LogP contribution < -0.4 is 15.8 Å². The summed E-state index contributed by atoms with van der Waals surface area (Å²) in [5.41, 5.74) is 6.09. The molecule has 0 radical (unpaired) electrons. The molecule has 1 aromatic heterocycles. The topological polar surface area (TPSA) is 136 Å². The van der Waals surface area contributed by atoms with Crippen LogP contribution in [-0.4, -0.2) is 46.5 Å². The van der Waals surface area contributed by atoms with Gasteiger partial charge in [-0.2, -0.15) is 4.39 Å². The molecule has 1 fully saturated rings. The van der Waals surface area contributed by atoms with Gasteiger partial charge in [0.1, 0.15) is 18.4 Å². The molecular formula is C23H28F2N4O5. The van der Waals surface area contributed by atoms with Gasteiger partial charge in [0.15, 0.2) is 11.6 Å². The van der Waals surface area contributed by atoms with Gasteiger partial charge in [0.25, 0.3) is 11.8 Å². The van der Waals surface area contributed by atoms with Gasteiger partial charge < -0.3 is 25.7 Å². The molecule has 0 saturated carbocycles. The molecule has 1 aliphatic heterocycles. The quantitative estimate of drug-likeness (QED) is 0.316. The summed E-state index contributed by atoms with van der Waals surface area (Å²) in [5, 5.41) is 14.4. The summed E-state index contributed by atoms with van der Waals surface area (Å²) in [6, 6.07) is 6.71. The lowest BCUT2D eigenvalue weighted by molar-refractivity contribution is -0.126. The number of carbonyl (C=O) groups excluding carboxylic acids is 2. The lowest BCUT2D eigenvalue weighted by Gasteiger charge is -2.11. The first kappa shape index (κ1) is 26.7. The Hall–Kier alpha value is -3.60. The number of anilines is 1. The Morgan fingerprint density at radius 1 is 1.32 bits per heavy atom. The summed E-state index contributed by atoms with van der Waals surface area (Å²) < 4.78 is 36.4. The van der Waals surface area contributed by atoms with Crippen molar-refractivity contribution in [3.63, 3.8) is 0 Å². The van der Waals surface area contributed by atoms with E-state index in [1.165, 1.54) is 24.4 Å². The van der Waals surface area contributed by atoms with Crippen molar-refractivity contribution in [1.82, 2.24) is 4.98 Å². The number of hydrogen-bond donors (Lipinski definition) is 3. The fourth-order valence-corrected chi connectivity index (χ4v) is 2.92. The number of nitrogens with two attached hydrogens (primary N) is 1. The Morgan fingerprint density at radius 2 is 2.06 bits per heavy atom. The molecule has 2 amide bonds. The van der Waals surface area contributed by atoms with Crippen LogP contribution in [-0.2, 0) is 9.53 Å². The first-order valence-electron chi connectivity index (χ1n) is 10.6. The minimum Gasteiger partial charge on any atom is -0.484 e. The molecule has 1 saturated heterocycles. The minimum atomic E-state index is -1.04. The Morgan fingerprint density at radius 3 is 2.65 bits per heavy atom. The van der Waals surface area contributed by atoms with E-state index < -0.39 is 23.6 Å². The van der Waals surface area contributed by atoms with Gasteiger partial charge in [0.2, 0.25) is 5.82 Å². The van der Waals surface area contributed by atoms with Crippen LogP contribution in [0.4, 0.5) is 14.5 Å². The molecule has 9 nitrogen and oxygen atoms in total. The average molecular weight is 478 g/mol. The lowest BCUT2D eigenvalue weighted by atomic mass is 10.1.